The van der Waals surface area contributed by atoms with E-state index in [0.717, 1.165) is 0 Å². The van der Waals surface area contributed by atoms with Crippen molar-refractivity contribution in [3.8, 4) is 0 Å². The summed E-state index contributed by atoms with van der Waals surface area (Å²) < 4.78 is 11.4. The van der Waals surface area contributed by atoms with Crippen molar-refractivity contribution in [2.75, 3.05) is 13.2 Å². The number of aromatic nitrogens is 1. The van der Waals surface area contributed by atoms with Gasteiger partial charge >= 0.3 is 0 Å². The van der Waals surface area contributed by atoms with Gasteiger partial charge in [-0.2, -0.15) is 0 Å². The highest BCUT2D eigenvalue weighted by molar-refractivity contribution is 6.31. The highest BCUT2D eigenvalue weighted by atomic mass is 35.5. The highest BCUT2D eigenvalue weighted by Gasteiger charge is 2.27. The molecule has 2 unspecified atom stereocenters. The maximum Gasteiger partial charge on any atom is 0.235 e. The number of aliphatic imine (C=N–C) groups is 2. The highest BCUT2D eigenvalue weighted by Crippen LogP contribution is 2.22. The number of pyridine rings is 1. The molecule has 2 aliphatic rings. The summed E-state index contributed by atoms with van der Waals surface area (Å²) in [5, 5.41) is 0.573. The second kappa shape index (κ2) is 6.48. The Morgan fingerprint density at radius 2 is 1.35 bits per heavy atom. The lowest BCUT2D eigenvalue weighted by Gasteiger charge is -2.06. The smallest absolute Gasteiger partial charge is 0.235 e. The minimum absolute atomic E-state index is 0.166. The molecule has 0 aliphatic carbocycles. The van der Waals surface area contributed by atoms with Gasteiger partial charge in [-0.1, -0.05) is 39.3 Å². The largest absolute Gasteiger partial charge is 0.474 e. The van der Waals surface area contributed by atoms with E-state index in [1.807, 2.05) is 0 Å². The molecule has 0 saturated carbocycles. The first kappa shape index (κ1) is 16.2. The average Bonchev–Trinajstić information content (AvgIpc) is 3.16. The monoisotopic (exact) mass is 335 g/mol. The summed E-state index contributed by atoms with van der Waals surface area (Å²) in [6.07, 6.45) is 0. The van der Waals surface area contributed by atoms with Crippen LogP contribution < -0.4 is 0 Å². The van der Waals surface area contributed by atoms with Crippen molar-refractivity contribution in [3.05, 3.63) is 28.5 Å². The Kier molecular flexibility index (Phi) is 4.57. The molecule has 0 aromatic carbocycles. The van der Waals surface area contributed by atoms with E-state index in [1.54, 1.807) is 12.1 Å². The van der Waals surface area contributed by atoms with Gasteiger partial charge in [0.2, 0.25) is 11.8 Å². The van der Waals surface area contributed by atoms with Gasteiger partial charge in [-0.15, -0.1) is 0 Å². The number of nitrogens with zero attached hydrogens (tertiary/aromatic N) is 3. The van der Waals surface area contributed by atoms with Crippen molar-refractivity contribution >= 4 is 23.4 Å². The lowest BCUT2D eigenvalue weighted by molar-refractivity contribution is 0.290. The first-order valence-corrected chi connectivity index (χ1v) is 8.41. The lowest BCUT2D eigenvalue weighted by Crippen LogP contribution is -2.13. The van der Waals surface area contributed by atoms with Crippen molar-refractivity contribution in [2.24, 2.45) is 21.8 Å². The Morgan fingerprint density at radius 1 is 0.913 bits per heavy atom. The van der Waals surface area contributed by atoms with Crippen molar-refractivity contribution in [3.63, 3.8) is 0 Å². The molecule has 3 heterocycles. The molecule has 2 aliphatic heterocycles. The molecule has 0 saturated heterocycles. The van der Waals surface area contributed by atoms with E-state index < -0.39 is 0 Å². The first-order chi connectivity index (χ1) is 10.9. The van der Waals surface area contributed by atoms with Crippen LogP contribution in [0, 0.1) is 11.8 Å². The second-order valence-electron chi connectivity index (χ2n) is 6.67. The molecule has 124 valence electrons. The molecule has 0 N–H and O–H groups in total. The Morgan fingerprint density at radius 3 is 1.70 bits per heavy atom. The summed E-state index contributed by atoms with van der Waals surface area (Å²) in [4.78, 5) is 13.8. The molecule has 1 aromatic heterocycles. The number of hydrogen-bond acceptors (Lipinski definition) is 5. The lowest BCUT2D eigenvalue weighted by atomic mass is 10.1. The van der Waals surface area contributed by atoms with E-state index in [9.17, 15) is 0 Å². The molecule has 5 nitrogen and oxygen atoms in total. The fraction of sp³-hybridized carbons (Fsp3) is 0.588. The van der Waals surface area contributed by atoms with Crippen molar-refractivity contribution in [1.29, 1.82) is 0 Å². The van der Waals surface area contributed by atoms with Gasteiger partial charge < -0.3 is 9.47 Å². The van der Waals surface area contributed by atoms with Crippen molar-refractivity contribution < 1.29 is 9.47 Å². The van der Waals surface area contributed by atoms with Gasteiger partial charge in [0.25, 0.3) is 0 Å². The van der Waals surface area contributed by atoms with Gasteiger partial charge in [-0.25, -0.2) is 15.0 Å². The number of rotatable bonds is 4. The molecule has 0 bridgehead atoms. The van der Waals surface area contributed by atoms with Crippen LogP contribution in [-0.2, 0) is 9.47 Å². The number of hydrogen-bond donors (Lipinski definition) is 0. The van der Waals surface area contributed by atoms with Crippen LogP contribution in [0.3, 0.4) is 0 Å². The standard InChI is InChI=1S/C17H22ClN3O2/c1-9(2)14-7-22-16(20-14)12-5-11(18)6-13(19-12)17-21-15(8-23-17)10(3)4/h5-6,9-10,14-15H,7-8H2,1-4H3. The first-order valence-electron chi connectivity index (χ1n) is 8.03. The van der Waals surface area contributed by atoms with Crippen LogP contribution in [0.5, 0.6) is 0 Å². The van der Waals surface area contributed by atoms with Crippen molar-refractivity contribution in [1.82, 2.24) is 4.98 Å². The van der Waals surface area contributed by atoms with E-state index >= 15 is 0 Å². The summed E-state index contributed by atoms with van der Waals surface area (Å²) >= 11 is 6.24. The molecule has 0 amide bonds. The van der Waals surface area contributed by atoms with E-state index in [0.29, 0.717) is 53.3 Å². The maximum absolute atomic E-state index is 6.24. The molecule has 6 heteroatoms. The fourth-order valence-corrected chi connectivity index (χ4v) is 2.67. The molecule has 0 spiro atoms. The topological polar surface area (TPSA) is 56.1 Å². The third-order valence-electron chi connectivity index (χ3n) is 4.12. The van der Waals surface area contributed by atoms with Gasteiger partial charge in [0, 0.05) is 5.02 Å². The van der Waals surface area contributed by atoms with Crippen LogP contribution in [-0.4, -0.2) is 42.1 Å². The minimum atomic E-state index is 0.166. The Balaban J connectivity index is 1.89. The second-order valence-corrected chi connectivity index (χ2v) is 7.11. The average molecular weight is 336 g/mol. The quantitative estimate of drug-likeness (QED) is 0.848. The molecule has 1 aromatic rings. The predicted octanol–water partition coefficient (Wildman–Crippen LogP) is 3.34. The van der Waals surface area contributed by atoms with Crippen LogP contribution in [0.15, 0.2) is 22.1 Å². The summed E-state index contributed by atoms with van der Waals surface area (Å²) in [7, 11) is 0. The van der Waals surface area contributed by atoms with Crippen LogP contribution in [0.2, 0.25) is 5.02 Å². The van der Waals surface area contributed by atoms with Gasteiger partial charge in [0.15, 0.2) is 0 Å². The van der Waals surface area contributed by atoms with E-state index in [4.69, 9.17) is 21.1 Å². The SMILES string of the molecule is CC(C)C1COC(c2cc(Cl)cc(C3=NC(C(C)C)CO3)n2)=N1. The Hall–Kier alpha value is -1.62. The zero-order chi connectivity index (χ0) is 16.6. The summed E-state index contributed by atoms with van der Waals surface area (Å²) in [5.74, 6) is 1.96. The number of ether oxygens (including phenoxy) is 2. The van der Waals surface area contributed by atoms with E-state index in [-0.39, 0.29) is 12.1 Å². The minimum Gasteiger partial charge on any atom is -0.474 e. The van der Waals surface area contributed by atoms with Crippen LogP contribution in [0.1, 0.15) is 39.1 Å². The van der Waals surface area contributed by atoms with Crippen molar-refractivity contribution in [2.45, 2.75) is 39.8 Å². The third kappa shape index (κ3) is 3.50. The Labute approximate surface area is 141 Å². The molecule has 2 atom stereocenters. The van der Waals surface area contributed by atoms with E-state index in [1.165, 1.54) is 0 Å². The zero-order valence-electron chi connectivity index (χ0n) is 13.9. The number of halogens is 1. The molecule has 0 fully saturated rings. The van der Waals surface area contributed by atoms with Gasteiger partial charge in [-0.05, 0) is 24.0 Å². The van der Waals surface area contributed by atoms with E-state index in [2.05, 4.69) is 42.7 Å². The van der Waals surface area contributed by atoms with Crippen LogP contribution in [0.25, 0.3) is 0 Å². The normalized spacial score (nSPS) is 23.8. The molecular weight excluding hydrogens is 314 g/mol. The molecular formula is C17H22ClN3O2. The Bertz CT molecular complexity index is 603. The zero-order valence-corrected chi connectivity index (χ0v) is 14.7. The van der Waals surface area contributed by atoms with Crippen LogP contribution in [0.4, 0.5) is 0 Å². The predicted molar refractivity (Wildman–Crippen MR) is 91.5 cm³/mol. The maximum atomic E-state index is 6.24. The summed E-state index contributed by atoms with van der Waals surface area (Å²) in [5.41, 5.74) is 1.27. The fourth-order valence-electron chi connectivity index (χ4n) is 2.46. The summed E-state index contributed by atoms with van der Waals surface area (Å²) in [6.45, 7) is 9.69. The van der Waals surface area contributed by atoms with Gasteiger partial charge in [0.05, 0.1) is 12.1 Å². The van der Waals surface area contributed by atoms with Crippen LogP contribution >= 0.6 is 11.6 Å². The third-order valence-corrected chi connectivity index (χ3v) is 4.33. The molecule has 23 heavy (non-hydrogen) atoms. The molecule has 0 radical (unpaired) electrons. The molecule has 3 rings (SSSR count). The van der Waals surface area contributed by atoms with Gasteiger partial charge in [-0.3, -0.25) is 0 Å². The van der Waals surface area contributed by atoms with Gasteiger partial charge in [0.1, 0.15) is 24.6 Å². The summed E-state index contributed by atoms with van der Waals surface area (Å²) in [6, 6.07) is 3.86.